The molecule has 3 heterocycles. The Balaban J connectivity index is 1.09. The Bertz CT molecular complexity index is 1480. The van der Waals surface area contributed by atoms with Crippen molar-refractivity contribution in [2.75, 3.05) is 33.3 Å². The summed E-state index contributed by atoms with van der Waals surface area (Å²) in [6, 6.07) is 19.6. The summed E-state index contributed by atoms with van der Waals surface area (Å²) in [5.41, 5.74) is 2.87. The van der Waals surface area contributed by atoms with Gasteiger partial charge >= 0.3 is 0 Å². The summed E-state index contributed by atoms with van der Waals surface area (Å²) in [4.78, 5) is 46.9. The van der Waals surface area contributed by atoms with Gasteiger partial charge in [-0.1, -0.05) is 12.1 Å². The summed E-state index contributed by atoms with van der Waals surface area (Å²) in [5, 5.41) is 8.95. The Kier molecular flexibility index (Phi) is 9.58. The van der Waals surface area contributed by atoms with Crippen LogP contribution in [-0.4, -0.2) is 71.7 Å². The number of hydrogen-bond donors (Lipinski definition) is 0. The quantitative estimate of drug-likeness (QED) is 0.322. The van der Waals surface area contributed by atoms with Gasteiger partial charge in [0.2, 0.25) is 0 Å². The largest absolute Gasteiger partial charge is 0.497 e. The monoisotopic (exact) mass is 582 g/mol. The molecule has 43 heavy (non-hydrogen) atoms. The maximum atomic E-state index is 15.0. The summed E-state index contributed by atoms with van der Waals surface area (Å²) in [6.07, 6.45) is 2.10. The van der Waals surface area contributed by atoms with Crippen molar-refractivity contribution in [1.82, 2.24) is 14.8 Å². The highest BCUT2D eigenvalue weighted by atomic mass is 19.1. The van der Waals surface area contributed by atoms with Crippen LogP contribution >= 0.6 is 0 Å². The second-order valence-electron chi connectivity index (χ2n) is 11.3. The number of carbonyl (C=O) groups is 3. The molecule has 8 nitrogen and oxygen atoms in total. The molecule has 9 heteroatoms. The first-order valence-corrected chi connectivity index (χ1v) is 14.7. The van der Waals surface area contributed by atoms with Gasteiger partial charge in [0.25, 0.3) is 5.91 Å². The fourth-order valence-electron chi connectivity index (χ4n) is 5.87. The number of aromatic nitrogens is 1. The van der Waals surface area contributed by atoms with E-state index in [0.717, 1.165) is 5.56 Å². The number of hydrogen-bond acceptors (Lipinski definition) is 7. The minimum atomic E-state index is -1.12. The lowest BCUT2D eigenvalue weighted by Gasteiger charge is -2.34. The van der Waals surface area contributed by atoms with Crippen LogP contribution < -0.4 is 4.74 Å². The molecule has 2 saturated heterocycles. The number of ether oxygens (including phenoxy) is 1. The number of ketones is 2. The van der Waals surface area contributed by atoms with Gasteiger partial charge in [-0.05, 0) is 85.8 Å². The molecule has 0 bridgehead atoms. The van der Waals surface area contributed by atoms with Gasteiger partial charge < -0.3 is 9.64 Å². The van der Waals surface area contributed by atoms with Crippen LogP contribution in [0.3, 0.4) is 0 Å². The number of alkyl halides is 1. The van der Waals surface area contributed by atoms with Gasteiger partial charge in [-0.3, -0.25) is 24.3 Å². The van der Waals surface area contributed by atoms with Gasteiger partial charge in [0, 0.05) is 55.8 Å². The lowest BCUT2D eigenvalue weighted by molar-refractivity contribution is 0.0644. The van der Waals surface area contributed by atoms with Gasteiger partial charge in [0.1, 0.15) is 17.6 Å². The van der Waals surface area contributed by atoms with Gasteiger partial charge in [0.05, 0.1) is 18.7 Å². The third-order valence-electron chi connectivity index (χ3n) is 8.53. The topological polar surface area (TPSA) is 104 Å². The maximum absolute atomic E-state index is 15.0. The van der Waals surface area contributed by atoms with Crippen molar-refractivity contribution >= 4 is 17.5 Å². The zero-order valence-electron chi connectivity index (χ0n) is 24.2. The summed E-state index contributed by atoms with van der Waals surface area (Å²) >= 11 is 0. The zero-order valence-corrected chi connectivity index (χ0v) is 24.2. The number of pyridine rings is 1. The highest BCUT2D eigenvalue weighted by Gasteiger charge is 2.32. The van der Waals surface area contributed by atoms with Crippen molar-refractivity contribution in [3.8, 4) is 11.8 Å². The van der Waals surface area contributed by atoms with Crippen molar-refractivity contribution in [2.45, 2.75) is 38.4 Å². The van der Waals surface area contributed by atoms with Crippen LogP contribution in [0.25, 0.3) is 0 Å². The molecule has 2 aromatic carbocycles. The summed E-state index contributed by atoms with van der Waals surface area (Å²) < 4.78 is 20.2. The van der Waals surface area contributed by atoms with Crippen LogP contribution in [0.4, 0.5) is 4.39 Å². The third-order valence-corrected chi connectivity index (χ3v) is 8.53. The summed E-state index contributed by atoms with van der Waals surface area (Å²) in [6.45, 7) is 2.45. The van der Waals surface area contributed by atoms with Crippen LogP contribution in [0.5, 0.6) is 5.75 Å². The maximum Gasteiger partial charge on any atom is 0.272 e. The molecular weight excluding hydrogens is 547 g/mol. The molecule has 0 radical (unpaired) electrons. The second kappa shape index (κ2) is 13.7. The van der Waals surface area contributed by atoms with Gasteiger partial charge in [-0.15, -0.1) is 0 Å². The Morgan fingerprint density at radius 3 is 2.26 bits per heavy atom. The first kappa shape index (κ1) is 30.1. The number of nitriles is 1. The van der Waals surface area contributed by atoms with E-state index in [1.165, 1.54) is 6.20 Å². The number of halogens is 1. The fourth-order valence-corrected chi connectivity index (χ4v) is 5.87. The molecule has 0 N–H and O–H groups in total. The van der Waals surface area contributed by atoms with Crippen LogP contribution in [0.15, 0.2) is 66.9 Å². The molecule has 0 aliphatic carbocycles. The third kappa shape index (κ3) is 7.33. The lowest BCUT2D eigenvalue weighted by Crippen LogP contribution is -2.42. The van der Waals surface area contributed by atoms with E-state index < -0.39 is 6.17 Å². The van der Waals surface area contributed by atoms with E-state index in [4.69, 9.17) is 10.00 Å². The Morgan fingerprint density at radius 1 is 0.953 bits per heavy atom. The van der Waals surface area contributed by atoms with Crippen LogP contribution in [0.1, 0.15) is 68.0 Å². The van der Waals surface area contributed by atoms with E-state index in [2.05, 4.69) is 11.1 Å². The number of likely N-dealkylation sites (tertiary alicyclic amines) is 2. The van der Waals surface area contributed by atoms with Gasteiger partial charge in [-0.25, -0.2) is 4.39 Å². The van der Waals surface area contributed by atoms with Crippen molar-refractivity contribution < 1.29 is 23.5 Å². The average molecular weight is 583 g/mol. The molecule has 3 aromatic rings. The predicted octanol–water partition coefficient (Wildman–Crippen LogP) is 5.13. The number of amides is 1. The molecule has 1 amide bonds. The normalized spacial score (nSPS) is 19.4. The van der Waals surface area contributed by atoms with Crippen LogP contribution in [0, 0.1) is 23.2 Å². The van der Waals surface area contributed by atoms with Crippen molar-refractivity contribution in [3.05, 3.63) is 94.8 Å². The van der Waals surface area contributed by atoms with Crippen molar-refractivity contribution in [1.29, 1.82) is 5.26 Å². The van der Waals surface area contributed by atoms with Gasteiger partial charge in [-0.2, -0.15) is 5.26 Å². The number of rotatable bonds is 9. The standard InChI is InChI=1S/C34H35FN4O4/c1-43-29-9-6-25(7-10-29)33(41)26-13-16-39(17-14-26)34(42)31-11-8-28(20-37-31)32(40)18-27-12-15-38(22-30(27)35)21-24-4-2-23(19-36)3-5-24/h2-11,20,26-27,30H,12-18,21-22H2,1H3/t27-,30?/m0/s1. The molecule has 2 aliphatic heterocycles. The first-order chi connectivity index (χ1) is 20.8. The molecular formula is C34H35FN4O4. The molecule has 2 fully saturated rings. The van der Waals surface area contributed by atoms with E-state index in [-0.39, 0.29) is 48.0 Å². The average Bonchev–Trinajstić information content (AvgIpc) is 3.06. The molecule has 222 valence electrons. The SMILES string of the molecule is COc1ccc(C(=O)C2CCN(C(=O)c3ccc(C(=O)C[C@@H]4CCN(Cc5ccc(C#N)cc5)CC4F)cn3)CC2)cc1. The zero-order chi connectivity index (χ0) is 30.3. The number of Topliss-reactive ketones (excluding diaryl/α,β-unsaturated/α-hetero) is 2. The molecule has 2 atom stereocenters. The highest BCUT2D eigenvalue weighted by molar-refractivity contribution is 5.99. The molecule has 1 unspecified atom stereocenters. The van der Waals surface area contributed by atoms with Crippen molar-refractivity contribution in [3.63, 3.8) is 0 Å². The Hall–Kier alpha value is -4.42. The van der Waals surface area contributed by atoms with Crippen LogP contribution in [-0.2, 0) is 6.54 Å². The van der Waals surface area contributed by atoms with E-state index in [0.29, 0.717) is 67.9 Å². The number of nitrogens with zero attached hydrogens (tertiary/aromatic N) is 4. The van der Waals surface area contributed by atoms with E-state index in [1.807, 2.05) is 17.0 Å². The molecule has 5 rings (SSSR count). The fraction of sp³-hybridized carbons (Fsp3) is 0.382. The number of carbonyl (C=O) groups excluding carboxylic acids is 3. The minimum absolute atomic E-state index is 0.0724. The lowest BCUT2D eigenvalue weighted by atomic mass is 9.88. The van der Waals surface area contributed by atoms with E-state index in [9.17, 15) is 14.4 Å². The smallest absolute Gasteiger partial charge is 0.272 e. The predicted molar refractivity (Wildman–Crippen MR) is 159 cm³/mol. The molecule has 0 saturated carbocycles. The number of benzene rings is 2. The first-order valence-electron chi connectivity index (χ1n) is 14.7. The number of methoxy groups -OCH3 is 1. The van der Waals surface area contributed by atoms with Crippen molar-refractivity contribution in [2.24, 2.45) is 11.8 Å². The van der Waals surface area contributed by atoms with E-state index >= 15 is 4.39 Å². The molecule has 1 aromatic heterocycles. The summed E-state index contributed by atoms with van der Waals surface area (Å²) in [7, 11) is 1.58. The Labute approximate surface area is 251 Å². The molecule has 2 aliphatic rings. The molecule has 0 spiro atoms. The van der Waals surface area contributed by atoms with E-state index in [1.54, 1.807) is 60.5 Å². The minimum Gasteiger partial charge on any atom is -0.497 e. The van der Waals surface area contributed by atoms with Crippen LogP contribution in [0.2, 0.25) is 0 Å². The number of piperidine rings is 2. The van der Waals surface area contributed by atoms with Gasteiger partial charge in [0.15, 0.2) is 11.6 Å². The second-order valence-corrected chi connectivity index (χ2v) is 11.3. The highest BCUT2D eigenvalue weighted by Crippen LogP contribution is 2.27. The summed E-state index contributed by atoms with van der Waals surface area (Å²) in [5.74, 6) is -0.157. The Morgan fingerprint density at radius 2 is 1.65 bits per heavy atom.